The molecule has 0 saturated carbocycles. The summed E-state index contributed by atoms with van der Waals surface area (Å²) in [5, 5.41) is 13.7. The maximum Gasteiger partial charge on any atom is 0.309 e. The number of rotatable bonds is 13. The standard InChI is InChI=1S/C28H37FN2O7S/c1-18(2)16-39(34,35)12-4-9-30-10-11-31-15-21(19-5-8-24-25(14-19)38-17-37-24)26(28(32)33)27(31)20-6-7-23(36-3)22(29)13-20/h5-8,13-14,18,21,26-27,30H,4,9-12,15-17H2,1-3H3,(H,32,33)/t21-,26+,27-/m1/s1. The predicted molar refractivity (Wildman–Crippen MR) is 145 cm³/mol. The summed E-state index contributed by atoms with van der Waals surface area (Å²) < 4.78 is 55.0. The van der Waals surface area contributed by atoms with Crippen molar-refractivity contribution in [1.29, 1.82) is 0 Å². The number of methoxy groups -OCH3 is 1. The molecule has 0 unspecified atom stereocenters. The average molecular weight is 565 g/mol. The summed E-state index contributed by atoms with van der Waals surface area (Å²) in [7, 11) is -1.69. The minimum atomic E-state index is -3.08. The molecule has 1 fully saturated rings. The molecule has 2 aromatic carbocycles. The van der Waals surface area contributed by atoms with Gasteiger partial charge in [-0.2, -0.15) is 0 Å². The van der Waals surface area contributed by atoms with Crippen molar-refractivity contribution in [2.45, 2.75) is 32.2 Å². The van der Waals surface area contributed by atoms with Gasteiger partial charge in [0.05, 0.1) is 24.5 Å². The fourth-order valence-electron chi connectivity index (χ4n) is 5.56. The lowest BCUT2D eigenvalue weighted by atomic mass is 9.82. The summed E-state index contributed by atoms with van der Waals surface area (Å²) >= 11 is 0. The Kier molecular flexibility index (Phi) is 9.35. The third-order valence-corrected chi connectivity index (χ3v) is 9.28. The average Bonchev–Trinajstić information content (AvgIpc) is 3.49. The Morgan fingerprint density at radius 2 is 1.90 bits per heavy atom. The maximum absolute atomic E-state index is 14.7. The minimum Gasteiger partial charge on any atom is -0.494 e. The zero-order valence-electron chi connectivity index (χ0n) is 22.6. The van der Waals surface area contributed by atoms with Gasteiger partial charge in [-0.1, -0.05) is 26.0 Å². The number of fused-ring (bicyclic) bond motifs is 1. The molecule has 9 nitrogen and oxygen atoms in total. The molecule has 2 N–H and O–H groups in total. The molecule has 2 heterocycles. The number of nitrogens with zero attached hydrogens (tertiary/aromatic N) is 1. The third kappa shape index (κ3) is 7.01. The van der Waals surface area contributed by atoms with Crippen LogP contribution in [0.3, 0.4) is 0 Å². The van der Waals surface area contributed by atoms with Crippen LogP contribution in [0.4, 0.5) is 4.39 Å². The topological polar surface area (TPSA) is 114 Å². The molecule has 2 aliphatic rings. The van der Waals surface area contributed by atoms with E-state index < -0.39 is 33.6 Å². The van der Waals surface area contributed by atoms with Crippen LogP contribution in [0.25, 0.3) is 0 Å². The molecule has 0 aliphatic carbocycles. The Bertz CT molecular complexity index is 1270. The lowest BCUT2D eigenvalue weighted by molar-refractivity contribution is -0.143. The summed E-state index contributed by atoms with van der Waals surface area (Å²) in [5.74, 6) is -1.02. The Balaban J connectivity index is 1.51. The Morgan fingerprint density at radius 3 is 2.59 bits per heavy atom. The number of hydrogen-bond donors (Lipinski definition) is 2. The van der Waals surface area contributed by atoms with Crippen molar-refractivity contribution in [3.63, 3.8) is 0 Å². The monoisotopic (exact) mass is 564 g/mol. The van der Waals surface area contributed by atoms with Crippen molar-refractivity contribution in [2.75, 3.05) is 51.6 Å². The lowest BCUT2D eigenvalue weighted by Gasteiger charge is -2.27. The number of hydrogen-bond acceptors (Lipinski definition) is 8. The second kappa shape index (κ2) is 12.5. The molecule has 0 spiro atoms. The summed E-state index contributed by atoms with van der Waals surface area (Å²) in [6.07, 6.45) is 0.500. The molecule has 39 heavy (non-hydrogen) atoms. The molecule has 214 valence electrons. The number of carboxylic acid groups (broad SMARTS) is 1. The van der Waals surface area contributed by atoms with Gasteiger partial charge in [0.25, 0.3) is 0 Å². The first-order valence-corrected chi connectivity index (χ1v) is 15.0. The van der Waals surface area contributed by atoms with Gasteiger partial charge in [0.15, 0.2) is 32.9 Å². The van der Waals surface area contributed by atoms with Crippen LogP contribution in [0.5, 0.6) is 17.2 Å². The predicted octanol–water partition coefficient (Wildman–Crippen LogP) is 3.45. The fourth-order valence-corrected chi connectivity index (χ4v) is 7.33. The number of aliphatic carboxylic acids is 1. The molecule has 11 heteroatoms. The smallest absolute Gasteiger partial charge is 0.309 e. The third-order valence-electron chi connectivity index (χ3n) is 7.20. The molecule has 2 aromatic rings. The first kappa shape index (κ1) is 29.1. The first-order valence-electron chi connectivity index (χ1n) is 13.2. The number of carboxylic acids is 1. The number of benzene rings is 2. The number of carbonyl (C=O) groups is 1. The SMILES string of the molecule is COc1ccc([C@@H]2[C@@H](C(=O)O)[C@@H](c3ccc4c(c3)OCO4)CN2CCNCCCS(=O)(=O)CC(C)C)cc1F. The van der Waals surface area contributed by atoms with Crippen LogP contribution in [0.1, 0.15) is 43.4 Å². The largest absolute Gasteiger partial charge is 0.494 e. The van der Waals surface area contributed by atoms with E-state index in [9.17, 15) is 22.7 Å². The number of likely N-dealkylation sites (tertiary alicyclic amines) is 1. The van der Waals surface area contributed by atoms with Crippen LogP contribution in [-0.2, 0) is 14.6 Å². The molecule has 4 rings (SSSR count). The molecular weight excluding hydrogens is 527 g/mol. The normalized spacial score (nSPS) is 21.0. The van der Waals surface area contributed by atoms with Crippen LogP contribution >= 0.6 is 0 Å². The van der Waals surface area contributed by atoms with Crippen LogP contribution in [0.15, 0.2) is 36.4 Å². The van der Waals surface area contributed by atoms with Gasteiger partial charge in [-0.15, -0.1) is 0 Å². The van der Waals surface area contributed by atoms with E-state index in [0.717, 1.165) is 5.56 Å². The van der Waals surface area contributed by atoms with Gasteiger partial charge in [-0.25, -0.2) is 12.8 Å². The van der Waals surface area contributed by atoms with E-state index in [1.54, 1.807) is 12.1 Å². The van der Waals surface area contributed by atoms with E-state index >= 15 is 0 Å². The summed E-state index contributed by atoms with van der Waals surface area (Å²) in [4.78, 5) is 14.7. The van der Waals surface area contributed by atoms with Gasteiger partial charge >= 0.3 is 5.97 Å². The molecule has 0 radical (unpaired) electrons. The fraction of sp³-hybridized carbons (Fsp3) is 0.536. The number of ether oxygens (including phenoxy) is 3. The highest BCUT2D eigenvalue weighted by atomic mass is 32.2. The van der Waals surface area contributed by atoms with E-state index in [2.05, 4.69) is 10.2 Å². The second-order valence-corrected chi connectivity index (χ2v) is 12.8. The second-order valence-electron chi connectivity index (χ2n) is 10.5. The van der Waals surface area contributed by atoms with Crippen molar-refractivity contribution >= 4 is 15.8 Å². The minimum absolute atomic E-state index is 0.0941. The van der Waals surface area contributed by atoms with Crippen LogP contribution in [0, 0.1) is 17.7 Å². The van der Waals surface area contributed by atoms with E-state index in [1.165, 1.54) is 19.2 Å². The van der Waals surface area contributed by atoms with Crippen molar-refractivity contribution in [3.8, 4) is 17.2 Å². The van der Waals surface area contributed by atoms with Gasteiger partial charge in [0.2, 0.25) is 6.79 Å². The highest BCUT2D eigenvalue weighted by Crippen LogP contribution is 2.47. The van der Waals surface area contributed by atoms with Crippen LogP contribution in [-0.4, -0.2) is 76.0 Å². The molecule has 3 atom stereocenters. The Hall–Kier alpha value is -2.89. The molecule has 1 saturated heterocycles. The molecule has 0 bridgehead atoms. The van der Waals surface area contributed by atoms with Gasteiger partial charge in [-0.05, 0) is 54.3 Å². The van der Waals surface area contributed by atoms with E-state index in [4.69, 9.17) is 14.2 Å². The zero-order chi connectivity index (χ0) is 28.2. The Labute approximate surface area is 229 Å². The van der Waals surface area contributed by atoms with Crippen molar-refractivity contribution < 1.29 is 36.9 Å². The summed E-state index contributed by atoms with van der Waals surface area (Å²) in [6.45, 7) is 5.90. The summed E-state index contributed by atoms with van der Waals surface area (Å²) in [5.41, 5.74) is 1.38. The van der Waals surface area contributed by atoms with Gasteiger partial charge in [-0.3, -0.25) is 9.69 Å². The number of nitrogens with one attached hydrogen (secondary N) is 1. The first-order chi connectivity index (χ1) is 18.6. The highest BCUT2D eigenvalue weighted by molar-refractivity contribution is 7.91. The van der Waals surface area contributed by atoms with E-state index in [0.29, 0.717) is 49.7 Å². The van der Waals surface area contributed by atoms with Gasteiger partial charge in [0, 0.05) is 31.6 Å². The van der Waals surface area contributed by atoms with Crippen molar-refractivity contribution in [3.05, 3.63) is 53.3 Å². The number of sulfone groups is 1. The maximum atomic E-state index is 14.7. The van der Waals surface area contributed by atoms with Crippen molar-refractivity contribution in [1.82, 2.24) is 10.2 Å². The molecular formula is C28H37FN2O7S. The molecule has 0 aromatic heterocycles. The lowest BCUT2D eigenvalue weighted by Crippen LogP contribution is -2.34. The van der Waals surface area contributed by atoms with Gasteiger partial charge in [0.1, 0.15) is 0 Å². The van der Waals surface area contributed by atoms with Crippen LogP contribution < -0.4 is 19.5 Å². The van der Waals surface area contributed by atoms with Crippen LogP contribution in [0.2, 0.25) is 0 Å². The molecule has 0 amide bonds. The summed E-state index contributed by atoms with van der Waals surface area (Å²) in [6, 6.07) is 9.48. The quantitative estimate of drug-likeness (QED) is 0.353. The highest BCUT2D eigenvalue weighted by Gasteiger charge is 2.47. The number of halogens is 1. The van der Waals surface area contributed by atoms with E-state index in [1.807, 2.05) is 26.0 Å². The zero-order valence-corrected chi connectivity index (χ0v) is 23.4. The van der Waals surface area contributed by atoms with E-state index in [-0.39, 0.29) is 35.9 Å². The molecule has 2 aliphatic heterocycles. The Morgan fingerprint density at radius 1 is 1.15 bits per heavy atom. The van der Waals surface area contributed by atoms with Crippen molar-refractivity contribution in [2.24, 2.45) is 11.8 Å². The van der Waals surface area contributed by atoms with Gasteiger partial charge < -0.3 is 24.6 Å².